The van der Waals surface area contributed by atoms with E-state index in [1.807, 2.05) is 6.92 Å². The van der Waals surface area contributed by atoms with Crippen LogP contribution in [0.2, 0.25) is 0 Å². The molecule has 1 amide bonds. The highest BCUT2D eigenvalue weighted by molar-refractivity contribution is 5.81. The van der Waals surface area contributed by atoms with Gasteiger partial charge in [-0.25, -0.2) is 0 Å². The Morgan fingerprint density at radius 3 is 2.89 bits per heavy atom. The summed E-state index contributed by atoms with van der Waals surface area (Å²) < 4.78 is 0. The van der Waals surface area contributed by atoms with Gasteiger partial charge in [0.25, 0.3) is 0 Å². The van der Waals surface area contributed by atoms with Crippen molar-refractivity contribution in [3.05, 3.63) is 0 Å². The summed E-state index contributed by atoms with van der Waals surface area (Å²) >= 11 is 0. The van der Waals surface area contributed by atoms with Gasteiger partial charge in [-0.1, -0.05) is 20.3 Å². The Balaban J connectivity index is 2.19. The van der Waals surface area contributed by atoms with E-state index in [0.29, 0.717) is 6.04 Å². The molecule has 0 spiro atoms. The first-order valence-corrected chi connectivity index (χ1v) is 7.44. The van der Waals surface area contributed by atoms with Crippen LogP contribution in [-0.4, -0.2) is 49.1 Å². The van der Waals surface area contributed by atoms with E-state index in [2.05, 4.69) is 29.4 Å². The largest absolute Gasteiger partial charge is 0.355 e. The fraction of sp³-hybridized carbons (Fsp3) is 0.929. The molecular weight excluding hydrogens is 226 g/mol. The monoisotopic (exact) mass is 255 g/mol. The van der Waals surface area contributed by atoms with E-state index in [-0.39, 0.29) is 11.9 Å². The SMILES string of the molecule is CCCCNC(=O)C(C)NCC1CCCN1CC. The summed E-state index contributed by atoms with van der Waals surface area (Å²) in [6.07, 6.45) is 4.72. The van der Waals surface area contributed by atoms with E-state index in [9.17, 15) is 4.79 Å². The molecule has 0 aromatic heterocycles. The van der Waals surface area contributed by atoms with Crippen molar-refractivity contribution >= 4 is 5.91 Å². The molecule has 1 aliphatic rings. The van der Waals surface area contributed by atoms with Crippen molar-refractivity contribution in [2.24, 2.45) is 0 Å². The van der Waals surface area contributed by atoms with Crippen molar-refractivity contribution in [3.8, 4) is 0 Å². The smallest absolute Gasteiger partial charge is 0.236 e. The maximum absolute atomic E-state index is 11.8. The molecule has 0 saturated carbocycles. The average Bonchev–Trinajstić information content (AvgIpc) is 2.83. The summed E-state index contributed by atoms with van der Waals surface area (Å²) in [4.78, 5) is 14.3. The maximum atomic E-state index is 11.8. The number of likely N-dealkylation sites (tertiary alicyclic amines) is 1. The van der Waals surface area contributed by atoms with Gasteiger partial charge in [-0.15, -0.1) is 0 Å². The van der Waals surface area contributed by atoms with Gasteiger partial charge in [0.1, 0.15) is 0 Å². The first kappa shape index (κ1) is 15.4. The molecule has 2 unspecified atom stereocenters. The fourth-order valence-corrected chi connectivity index (χ4v) is 2.49. The van der Waals surface area contributed by atoms with Gasteiger partial charge in [-0.3, -0.25) is 9.69 Å². The summed E-state index contributed by atoms with van der Waals surface area (Å²) in [6.45, 7) is 10.3. The molecule has 0 radical (unpaired) electrons. The molecule has 0 bridgehead atoms. The van der Waals surface area contributed by atoms with Gasteiger partial charge in [0, 0.05) is 19.1 Å². The lowest BCUT2D eigenvalue weighted by atomic mass is 10.2. The van der Waals surface area contributed by atoms with Crippen LogP contribution < -0.4 is 10.6 Å². The van der Waals surface area contributed by atoms with Gasteiger partial charge in [-0.2, -0.15) is 0 Å². The number of amides is 1. The Kier molecular flexibility index (Phi) is 7.28. The van der Waals surface area contributed by atoms with Crippen molar-refractivity contribution < 1.29 is 4.79 Å². The number of nitrogens with zero attached hydrogens (tertiary/aromatic N) is 1. The van der Waals surface area contributed by atoms with E-state index in [1.165, 1.54) is 19.4 Å². The van der Waals surface area contributed by atoms with Crippen LogP contribution >= 0.6 is 0 Å². The molecule has 1 saturated heterocycles. The second-order valence-electron chi connectivity index (χ2n) is 5.20. The lowest BCUT2D eigenvalue weighted by Gasteiger charge is -2.24. The highest BCUT2D eigenvalue weighted by Crippen LogP contribution is 2.15. The van der Waals surface area contributed by atoms with Crippen LogP contribution in [-0.2, 0) is 4.79 Å². The standard InChI is InChI=1S/C14H29N3O/c1-4-6-9-15-14(18)12(3)16-11-13-8-7-10-17(13)5-2/h12-13,16H,4-11H2,1-3H3,(H,15,18). The van der Waals surface area contributed by atoms with Crippen LogP contribution in [0.15, 0.2) is 0 Å². The van der Waals surface area contributed by atoms with Crippen LogP contribution in [0.25, 0.3) is 0 Å². The van der Waals surface area contributed by atoms with Crippen LogP contribution in [0.3, 0.4) is 0 Å². The van der Waals surface area contributed by atoms with E-state index < -0.39 is 0 Å². The maximum Gasteiger partial charge on any atom is 0.236 e. The molecule has 2 atom stereocenters. The molecule has 1 aliphatic heterocycles. The number of likely N-dealkylation sites (N-methyl/N-ethyl adjacent to an activating group) is 1. The van der Waals surface area contributed by atoms with E-state index >= 15 is 0 Å². The molecule has 1 fully saturated rings. The van der Waals surface area contributed by atoms with Gasteiger partial charge in [0.2, 0.25) is 5.91 Å². The van der Waals surface area contributed by atoms with E-state index in [0.717, 1.165) is 32.5 Å². The van der Waals surface area contributed by atoms with Gasteiger partial charge in [0.05, 0.1) is 6.04 Å². The molecule has 0 aromatic rings. The van der Waals surface area contributed by atoms with Gasteiger partial charge in [0.15, 0.2) is 0 Å². The molecule has 1 rings (SSSR count). The number of nitrogens with one attached hydrogen (secondary N) is 2. The summed E-state index contributed by atoms with van der Waals surface area (Å²) in [5.74, 6) is 0.129. The van der Waals surface area contributed by atoms with Crippen molar-refractivity contribution in [1.29, 1.82) is 0 Å². The minimum atomic E-state index is -0.0823. The molecule has 0 aliphatic carbocycles. The Hall–Kier alpha value is -0.610. The first-order valence-electron chi connectivity index (χ1n) is 7.44. The molecule has 1 heterocycles. The fourth-order valence-electron chi connectivity index (χ4n) is 2.49. The number of carbonyl (C=O) groups excluding carboxylic acids is 1. The lowest BCUT2D eigenvalue weighted by Crippen LogP contribution is -2.47. The molecular formula is C14H29N3O. The van der Waals surface area contributed by atoms with Crippen LogP contribution in [0.1, 0.15) is 46.5 Å². The van der Waals surface area contributed by atoms with E-state index in [4.69, 9.17) is 0 Å². The van der Waals surface area contributed by atoms with Crippen molar-refractivity contribution in [2.75, 3.05) is 26.2 Å². The number of hydrogen-bond acceptors (Lipinski definition) is 3. The third kappa shape index (κ3) is 4.94. The average molecular weight is 255 g/mol. The molecule has 0 aromatic carbocycles. The van der Waals surface area contributed by atoms with Crippen molar-refractivity contribution in [3.63, 3.8) is 0 Å². The summed E-state index contributed by atoms with van der Waals surface area (Å²) in [5, 5.41) is 6.33. The normalized spacial score (nSPS) is 22.1. The van der Waals surface area contributed by atoms with Gasteiger partial charge in [-0.05, 0) is 39.3 Å². The van der Waals surface area contributed by atoms with Crippen LogP contribution in [0.5, 0.6) is 0 Å². The summed E-state index contributed by atoms with van der Waals surface area (Å²) in [7, 11) is 0. The number of carbonyl (C=O) groups is 1. The predicted molar refractivity (Wildman–Crippen MR) is 75.7 cm³/mol. The Labute approximate surface area is 111 Å². The highest BCUT2D eigenvalue weighted by Gasteiger charge is 2.23. The zero-order valence-electron chi connectivity index (χ0n) is 12.2. The predicted octanol–water partition coefficient (Wildman–Crippen LogP) is 1.37. The third-order valence-corrected chi connectivity index (χ3v) is 3.79. The second kappa shape index (κ2) is 8.48. The molecule has 4 heteroatoms. The Bertz CT molecular complexity index is 245. The Morgan fingerprint density at radius 2 is 2.22 bits per heavy atom. The van der Waals surface area contributed by atoms with Crippen LogP contribution in [0, 0.1) is 0 Å². The highest BCUT2D eigenvalue weighted by atomic mass is 16.2. The summed E-state index contributed by atoms with van der Waals surface area (Å²) in [6, 6.07) is 0.530. The zero-order chi connectivity index (χ0) is 13.4. The molecule has 106 valence electrons. The van der Waals surface area contributed by atoms with Crippen molar-refractivity contribution in [2.45, 2.75) is 58.5 Å². The molecule has 4 nitrogen and oxygen atoms in total. The quantitative estimate of drug-likeness (QED) is 0.644. The van der Waals surface area contributed by atoms with Gasteiger partial charge >= 0.3 is 0 Å². The Morgan fingerprint density at radius 1 is 1.44 bits per heavy atom. The van der Waals surface area contributed by atoms with E-state index in [1.54, 1.807) is 0 Å². The molecule has 18 heavy (non-hydrogen) atoms. The summed E-state index contributed by atoms with van der Waals surface area (Å²) in [5.41, 5.74) is 0. The zero-order valence-corrected chi connectivity index (χ0v) is 12.2. The third-order valence-electron chi connectivity index (χ3n) is 3.79. The number of hydrogen-bond donors (Lipinski definition) is 2. The molecule has 2 N–H and O–H groups in total. The first-order chi connectivity index (χ1) is 8.69. The topological polar surface area (TPSA) is 44.4 Å². The minimum Gasteiger partial charge on any atom is -0.355 e. The number of rotatable bonds is 8. The second-order valence-corrected chi connectivity index (χ2v) is 5.20. The van der Waals surface area contributed by atoms with Gasteiger partial charge < -0.3 is 10.6 Å². The number of unbranched alkanes of at least 4 members (excludes halogenated alkanes) is 1. The van der Waals surface area contributed by atoms with Crippen LogP contribution in [0.4, 0.5) is 0 Å². The minimum absolute atomic E-state index is 0.0823. The lowest BCUT2D eigenvalue weighted by molar-refractivity contribution is -0.122. The van der Waals surface area contributed by atoms with Crippen molar-refractivity contribution in [1.82, 2.24) is 15.5 Å².